The van der Waals surface area contributed by atoms with E-state index in [1.54, 1.807) is 0 Å². The highest BCUT2D eigenvalue weighted by atomic mass is 16.7. The van der Waals surface area contributed by atoms with Crippen molar-refractivity contribution in [2.24, 2.45) is 0 Å². The molecule has 2 aliphatic rings. The number of esters is 1. The van der Waals surface area contributed by atoms with E-state index in [9.17, 15) is 45.6 Å². The summed E-state index contributed by atoms with van der Waals surface area (Å²) < 4.78 is 20.6. The van der Waals surface area contributed by atoms with Gasteiger partial charge in [0, 0.05) is 19.1 Å². The van der Waals surface area contributed by atoms with E-state index in [-0.39, 0.29) is 34.1 Å². The Morgan fingerprint density at radius 2 is 1.61 bits per heavy atom. The van der Waals surface area contributed by atoms with Crippen LogP contribution in [0.1, 0.15) is 24.2 Å². The molecular weight excluding hydrogens is 484 g/mol. The number of fused-ring (bicyclic) bond motifs is 1. The lowest BCUT2D eigenvalue weighted by Crippen LogP contribution is -2.59. The van der Waals surface area contributed by atoms with E-state index in [1.807, 2.05) is 0 Å². The van der Waals surface area contributed by atoms with Crippen molar-refractivity contribution in [3.05, 3.63) is 41.2 Å². The molecule has 0 radical (unpaired) electrons. The fourth-order valence-corrected chi connectivity index (χ4v) is 3.89. The fourth-order valence-electron chi connectivity index (χ4n) is 3.89. The van der Waals surface area contributed by atoms with E-state index in [0.717, 1.165) is 25.1 Å². The first kappa shape index (κ1) is 25.2. The van der Waals surface area contributed by atoms with Gasteiger partial charge in [-0.25, -0.2) is 0 Å². The average Bonchev–Trinajstić information content (AvgIpc) is 2.81. The normalized spacial score (nSPS) is 27.4. The third kappa shape index (κ3) is 4.77. The second-order valence-corrected chi connectivity index (χ2v) is 8.32. The summed E-state index contributed by atoms with van der Waals surface area (Å²) in [5.74, 6) is -3.42. The topological polar surface area (TPSA) is 219 Å². The van der Waals surface area contributed by atoms with Crippen LogP contribution in [-0.4, -0.2) is 88.9 Å². The van der Waals surface area contributed by atoms with Gasteiger partial charge in [-0.05, 0) is 12.1 Å². The van der Waals surface area contributed by atoms with E-state index in [0.29, 0.717) is 0 Å². The summed E-state index contributed by atoms with van der Waals surface area (Å²) in [5.41, 5.74) is 0.221. The lowest BCUT2D eigenvalue weighted by molar-refractivity contribution is -0.296. The zero-order valence-corrected chi connectivity index (χ0v) is 18.7. The number of benzene rings is 2. The van der Waals surface area contributed by atoms with Gasteiger partial charge in [-0.15, -0.1) is 0 Å². The minimum absolute atomic E-state index is 0.102. The van der Waals surface area contributed by atoms with Gasteiger partial charge in [0.25, 0.3) is 11.9 Å². The molecule has 0 aromatic heterocycles. The van der Waals surface area contributed by atoms with Crippen LogP contribution < -0.4 is 0 Å². The van der Waals surface area contributed by atoms with Crippen LogP contribution in [0, 0.1) is 0 Å². The molecule has 194 valence electrons. The molecule has 0 bridgehead atoms. The Balaban J connectivity index is 1.72. The number of aliphatic hydroxyl groups is 4. The Morgan fingerprint density at radius 3 is 2.25 bits per heavy atom. The zero-order chi connectivity index (χ0) is 26.3. The molecule has 0 saturated carbocycles. The van der Waals surface area contributed by atoms with Gasteiger partial charge < -0.3 is 59.8 Å². The monoisotopic (exact) mass is 509 g/mol. The van der Waals surface area contributed by atoms with Crippen molar-refractivity contribution in [3.63, 3.8) is 0 Å². The Bertz CT molecular complexity index is 1170. The van der Waals surface area contributed by atoms with E-state index in [1.165, 1.54) is 12.1 Å². The summed E-state index contributed by atoms with van der Waals surface area (Å²) in [7, 11) is 0. The molecule has 36 heavy (non-hydrogen) atoms. The third-order valence-electron chi connectivity index (χ3n) is 5.72. The molecule has 2 aromatic rings. The predicted molar refractivity (Wildman–Crippen MR) is 118 cm³/mol. The van der Waals surface area contributed by atoms with Gasteiger partial charge in [-0.2, -0.15) is 0 Å². The lowest BCUT2D eigenvalue weighted by Gasteiger charge is -2.40. The zero-order valence-electron chi connectivity index (χ0n) is 18.7. The van der Waals surface area contributed by atoms with Crippen molar-refractivity contribution in [1.82, 2.24) is 0 Å². The first-order valence-electron chi connectivity index (χ1n) is 10.7. The highest BCUT2D eigenvalue weighted by Crippen LogP contribution is 2.47. The maximum absolute atomic E-state index is 11.2. The second kappa shape index (κ2) is 9.62. The Labute approximate surface area is 203 Å². The average molecular weight is 509 g/mol. The molecule has 4 rings (SSSR count). The van der Waals surface area contributed by atoms with Gasteiger partial charge in [0.05, 0.1) is 11.6 Å². The maximum atomic E-state index is 11.2. The summed E-state index contributed by atoms with van der Waals surface area (Å²) in [4.78, 5) is 11.2. The second-order valence-electron chi connectivity index (χ2n) is 8.32. The van der Waals surface area contributed by atoms with Crippen LogP contribution in [0.15, 0.2) is 30.0 Å². The molecule has 0 aliphatic carbocycles. The van der Waals surface area contributed by atoms with Crippen LogP contribution in [0.4, 0.5) is 0 Å². The largest absolute Gasteiger partial charge is 0.571 e. The lowest BCUT2D eigenvalue weighted by atomic mass is 9.98. The number of phenols is 5. The molecule has 1 fully saturated rings. The van der Waals surface area contributed by atoms with E-state index in [2.05, 4.69) is 4.74 Å². The molecular formula is C23H25O13+. The molecule has 2 aliphatic heterocycles. The molecule has 9 N–H and O–H groups in total. The van der Waals surface area contributed by atoms with Gasteiger partial charge in [0.1, 0.15) is 48.1 Å². The molecule has 0 amide bonds. The summed E-state index contributed by atoms with van der Waals surface area (Å²) in [6.07, 6.45) is -7.88. The third-order valence-corrected chi connectivity index (χ3v) is 5.72. The number of rotatable bonds is 5. The van der Waals surface area contributed by atoms with Crippen molar-refractivity contribution in [2.45, 2.75) is 43.7 Å². The van der Waals surface area contributed by atoms with Gasteiger partial charge >= 0.3 is 5.97 Å². The van der Waals surface area contributed by atoms with Gasteiger partial charge in [-0.3, -0.25) is 4.79 Å². The summed E-state index contributed by atoms with van der Waals surface area (Å²) >= 11 is 0. The number of phenolic OH excluding ortho intramolecular Hbond substituents is 5. The Kier molecular flexibility index (Phi) is 6.73. The number of hydrogen-bond donors (Lipinski definition) is 8. The van der Waals surface area contributed by atoms with E-state index in [4.69, 9.17) is 14.2 Å². The van der Waals surface area contributed by atoms with Crippen LogP contribution in [0.25, 0.3) is 6.08 Å². The maximum Gasteiger partial charge on any atom is 0.302 e. The molecule has 0 spiro atoms. The highest BCUT2D eigenvalue weighted by Gasteiger charge is 2.47. The van der Waals surface area contributed by atoms with E-state index >= 15 is 0 Å². The number of aromatic hydroxyl groups is 6. The van der Waals surface area contributed by atoms with Crippen molar-refractivity contribution in [2.75, 3.05) is 6.61 Å². The molecule has 1 saturated heterocycles. The van der Waals surface area contributed by atoms with Crippen LogP contribution in [0.2, 0.25) is 0 Å². The Hall–Kier alpha value is -3.91. The number of carbonyl (C=O) groups excluding carboxylic acids is 1. The SMILES string of the molecule is CC(=O)OC[C@H]1O[C@@H](OC2=Cc3c(O)cc(O)cc3[OH+]C2c2cc(O)c(O)c(O)c2)[C@H](O)[C@@H](O)[C@@H]1O. The molecule has 2 aromatic carbocycles. The smallest absolute Gasteiger partial charge is 0.302 e. The van der Waals surface area contributed by atoms with Crippen molar-refractivity contribution >= 4 is 12.0 Å². The minimum atomic E-state index is -1.77. The predicted octanol–water partition coefficient (Wildman–Crippen LogP) is -0.0610. The van der Waals surface area contributed by atoms with Crippen molar-refractivity contribution < 1.29 is 64.6 Å². The standard InChI is InChI=1S/C23H24O13/c1-8(24)33-7-17-19(30)20(31)21(32)23(36-17)35-16-6-11-12(26)4-10(25)5-15(11)34-22(16)9-2-13(27)18(29)14(28)3-9/h2-6,17,19-23,25-32H,7H2,1H3/p+1/t17-,19-,20+,21-,22?,23-/m1/s1. The summed E-state index contributed by atoms with van der Waals surface area (Å²) in [6, 6.07) is 4.49. The quantitative estimate of drug-likeness (QED) is 0.151. The number of ether oxygens (including phenoxy) is 4. The first-order valence-corrected chi connectivity index (χ1v) is 10.7. The van der Waals surface area contributed by atoms with Crippen LogP contribution in [0.5, 0.6) is 34.5 Å². The molecule has 13 nitrogen and oxygen atoms in total. The van der Waals surface area contributed by atoms with Gasteiger partial charge in [0.15, 0.2) is 23.0 Å². The van der Waals surface area contributed by atoms with Gasteiger partial charge in [-0.1, -0.05) is 0 Å². The molecule has 1 unspecified atom stereocenters. The molecule has 13 heteroatoms. The van der Waals surface area contributed by atoms with Crippen LogP contribution in [-0.2, 0) is 19.0 Å². The number of aliphatic hydroxyl groups excluding tert-OH is 3. The fraction of sp³-hybridized carbons (Fsp3) is 0.348. The van der Waals surface area contributed by atoms with E-state index < -0.39 is 66.6 Å². The molecule has 6 atom stereocenters. The number of carbonyl (C=O) groups is 1. The highest BCUT2D eigenvalue weighted by molar-refractivity contribution is 5.69. The first-order chi connectivity index (χ1) is 17.0. The Morgan fingerprint density at radius 1 is 0.944 bits per heavy atom. The minimum Gasteiger partial charge on any atom is -0.571 e. The van der Waals surface area contributed by atoms with Crippen LogP contribution in [0.3, 0.4) is 0 Å². The molecule has 2 heterocycles. The van der Waals surface area contributed by atoms with Gasteiger partial charge in [0.2, 0.25) is 6.29 Å². The summed E-state index contributed by atoms with van der Waals surface area (Å²) in [5, 5.41) is 80.8. The van der Waals surface area contributed by atoms with Crippen molar-refractivity contribution in [3.8, 4) is 34.5 Å². The number of hydrogen-bond acceptors (Lipinski definition) is 12. The van der Waals surface area contributed by atoms with Crippen LogP contribution >= 0.6 is 0 Å². The van der Waals surface area contributed by atoms with Crippen molar-refractivity contribution in [1.29, 1.82) is 0 Å². The summed E-state index contributed by atoms with van der Waals surface area (Å²) in [6.45, 7) is 0.688.